The fraction of sp³-hybridized carbons (Fsp3) is 0.143. The molecule has 0 aliphatic rings. The molecule has 23 heavy (non-hydrogen) atoms. The Hall–Kier alpha value is -2.45. The molecule has 3 N–H and O–H groups in total. The Labute approximate surface area is 138 Å². The molecule has 2 heterocycles. The van der Waals surface area contributed by atoms with Gasteiger partial charge in [0.1, 0.15) is 0 Å². The highest BCUT2D eigenvalue weighted by Crippen LogP contribution is 2.28. The topological polar surface area (TPSA) is 108 Å². The normalized spacial score (nSPS) is 10.9. The molecule has 0 saturated carbocycles. The molecule has 0 bridgehead atoms. The predicted octanol–water partition coefficient (Wildman–Crippen LogP) is 1.82. The van der Waals surface area contributed by atoms with Crippen molar-refractivity contribution in [1.29, 1.82) is 0 Å². The average molecular weight is 351 g/mol. The third-order valence-electron chi connectivity index (χ3n) is 3.19. The summed E-state index contributed by atoms with van der Waals surface area (Å²) >= 11 is 7.20. The molecule has 0 spiro atoms. The van der Waals surface area contributed by atoms with Crippen LogP contribution < -0.4 is 16.6 Å². The Morgan fingerprint density at radius 2 is 2.13 bits per heavy atom. The molecular formula is C14H11ClN4O3S. The lowest BCUT2D eigenvalue weighted by atomic mass is 10.1. The van der Waals surface area contributed by atoms with E-state index in [0.29, 0.717) is 15.8 Å². The first-order chi connectivity index (χ1) is 10.9. The highest BCUT2D eigenvalue weighted by molar-refractivity contribution is 7.22. The number of hydrogen-bond acceptors (Lipinski definition) is 5. The zero-order valence-electron chi connectivity index (χ0n) is 11.9. The van der Waals surface area contributed by atoms with Gasteiger partial charge in [-0.25, -0.2) is 9.78 Å². The van der Waals surface area contributed by atoms with Gasteiger partial charge in [-0.05, 0) is 25.1 Å². The lowest BCUT2D eigenvalue weighted by Crippen LogP contribution is -2.29. The van der Waals surface area contributed by atoms with Gasteiger partial charge in [0, 0.05) is 16.3 Å². The van der Waals surface area contributed by atoms with Gasteiger partial charge in [0.2, 0.25) is 5.91 Å². The minimum absolute atomic E-state index is 0.158. The maximum absolute atomic E-state index is 12.1. The Morgan fingerprint density at radius 3 is 2.87 bits per heavy atom. The molecule has 118 valence electrons. The summed E-state index contributed by atoms with van der Waals surface area (Å²) in [6, 6.07) is 5.25. The van der Waals surface area contributed by atoms with Crippen LogP contribution in [0.3, 0.4) is 0 Å². The van der Waals surface area contributed by atoms with Gasteiger partial charge in [-0.2, -0.15) is 0 Å². The van der Waals surface area contributed by atoms with Crippen LogP contribution in [0, 0.1) is 6.92 Å². The van der Waals surface area contributed by atoms with Crippen molar-refractivity contribution in [2.45, 2.75) is 13.3 Å². The van der Waals surface area contributed by atoms with Crippen LogP contribution in [0.1, 0.15) is 11.3 Å². The van der Waals surface area contributed by atoms with E-state index in [1.165, 1.54) is 11.3 Å². The van der Waals surface area contributed by atoms with Crippen LogP contribution in [0.15, 0.2) is 27.8 Å². The van der Waals surface area contributed by atoms with E-state index in [2.05, 4.69) is 20.3 Å². The summed E-state index contributed by atoms with van der Waals surface area (Å²) in [5.74, 6) is -0.393. The second kappa shape index (κ2) is 5.98. The maximum Gasteiger partial charge on any atom is 0.325 e. The fourth-order valence-corrected chi connectivity index (χ4v) is 3.27. The first kappa shape index (κ1) is 15.4. The first-order valence-electron chi connectivity index (χ1n) is 6.60. The molecule has 3 rings (SSSR count). The number of aromatic amines is 2. The lowest BCUT2D eigenvalue weighted by molar-refractivity contribution is -0.115. The molecular weight excluding hydrogens is 340 g/mol. The third-order valence-corrected chi connectivity index (χ3v) is 4.36. The number of rotatable bonds is 3. The number of carbonyl (C=O) groups excluding carboxylic acids is 1. The minimum Gasteiger partial charge on any atom is -0.311 e. The molecule has 0 unspecified atom stereocenters. The summed E-state index contributed by atoms with van der Waals surface area (Å²) in [5, 5.41) is 3.66. The van der Waals surface area contributed by atoms with Crippen molar-refractivity contribution in [3.05, 3.63) is 55.3 Å². The second-order valence-electron chi connectivity index (χ2n) is 4.87. The van der Waals surface area contributed by atoms with Crippen molar-refractivity contribution in [3.8, 4) is 0 Å². The standard InChI is InChI=1S/C14H11ClN4O3S/c1-6-8(12(21)19-13(22)16-6)5-11(20)18-14-17-9-3-2-7(15)4-10(9)23-14/h2-4H,5H2,1H3,(H,17,18,20)(H2,16,19,21,22). The summed E-state index contributed by atoms with van der Waals surface area (Å²) in [5.41, 5.74) is 0.140. The second-order valence-corrected chi connectivity index (χ2v) is 6.33. The van der Waals surface area contributed by atoms with Crippen molar-refractivity contribution >= 4 is 44.2 Å². The van der Waals surface area contributed by atoms with Crippen LogP contribution in [-0.4, -0.2) is 20.9 Å². The number of hydrogen-bond donors (Lipinski definition) is 3. The molecule has 7 nitrogen and oxygen atoms in total. The van der Waals surface area contributed by atoms with Gasteiger partial charge in [0.15, 0.2) is 5.13 Å². The maximum atomic E-state index is 12.1. The monoisotopic (exact) mass is 350 g/mol. The molecule has 0 aliphatic carbocycles. The van der Waals surface area contributed by atoms with Gasteiger partial charge < -0.3 is 10.3 Å². The average Bonchev–Trinajstić information content (AvgIpc) is 2.84. The summed E-state index contributed by atoms with van der Waals surface area (Å²) in [4.78, 5) is 43.8. The molecule has 3 aromatic rings. The van der Waals surface area contributed by atoms with Gasteiger partial charge in [-0.1, -0.05) is 22.9 Å². The lowest BCUT2D eigenvalue weighted by Gasteiger charge is -2.03. The van der Waals surface area contributed by atoms with Crippen LogP contribution in [0.2, 0.25) is 5.02 Å². The van der Waals surface area contributed by atoms with Gasteiger partial charge in [-0.3, -0.25) is 14.6 Å². The molecule has 1 aromatic carbocycles. The fourth-order valence-electron chi connectivity index (χ4n) is 2.11. The van der Waals surface area contributed by atoms with E-state index in [1.54, 1.807) is 25.1 Å². The smallest absolute Gasteiger partial charge is 0.311 e. The molecule has 0 radical (unpaired) electrons. The molecule has 0 fully saturated rings. The van der Waals surface area contributed by atoms with Gasteiger partial charge >= 0.3 is 5.69 Å². The van der Waals surface area contributed by atoms with Crippen molar-refractivity contribution < 1.29 is 4.79 Å². The van der Waals surface area contributed by atoms with E-state index in [-0.39, 0.29) is 12.0 Å². The van der Waals surface area contributed by atoms with Crippen LogP contribution >= 0.6 is 22.9 Å². The zero-order valence-corrected chi connectivity index (χ0v) is 13.5. The van der Waals surface area contributed by atoms with E-state index in [9.17, 15) is 14.4 Å². The number of carbonyl (C=O) groups is 1. The van der Waals surface area contributed by atoms with Crippen LogP contribution in [0.25, 0.3) is 10.2 Å². The van der Waals surface area contributed by atoms with Gasteiger partial charge in [-0.15, -0.1) is 0 Å². The van der Waals surface area contributed by atoms with Crippen molar-refractivity contribution in [2.24, 2.45) is 0 Å². The highest BCUT2D eigenvalue weighted by Gasteiger charge is 2.13. The number of H-pyrrole nitrogens is 2. The van der Waals surface area contributed by atoms with E-state index >= 15 is 0 Å². The summed E-state index contributed by atoms with van der Waals surface area (Å²) in [7, 11) is 0. The van der Waals surface area contributed by atoms with Crippen LogP contribution in [0.4, 0.5) is 5.13 Å². The predicted molar refractivity (Wildman–Crippen MR) is 89.4 cm³/mol. The number of benzene rings is 1. The van der Waals surface area contributed by atoms with Crippen molar-refractivity contribution in [3.63, 3.8) is 0 Å². The largest absolute Gasteiger partial charge is 0.325 e. The third kappa shape index (κ3) is 3.33. The first-order valence-corrected chi connectivity index (χ1v) is 7.80. The zero-order chi connectivity index (χ0) is 16.6. The Morgan fingerprint density at radius 1 is 1.35 bits per heavy atom. The molecule has 9 heteroatoms. The SMILES string of the molecule is Cc1[nH]c(=O)[nH]c(=O)c1CC(=O)Nc1nc2ccc(Cl)cc2s1. The van der Waals surface area contributed by atoms with E-state index in [0.717, 1.165) is 10.2 Å². The van der Waals surface area contributed by atoms with E-state index in [1.807, 2.05) is 0 Å². The summed E-state index contributed by atoms with van der Waals surface area (Å²) < 4.78 is 0.853. The van der Waals surface area contributed by atoms with Crippen LogP contribution in [-0.2, 0) is 11.2 Å². The Bertz CT molecular complexity index is 1020. The van der Waals surface area contributed by atoms with E-state index < -0.39 is 17.2 Å². The van der Waals surface area contributed by atoms with Crippen molar-refractivity contribution in [1.82, 2.24) is 15.0 Å². The quantitative estimate of drug-likeness (QED) is 0.669. The molecule has 1 amide bonds. The molecule has 0 aliphatic heterocycles. The molecule has 0 atom stereocenters. The number of nitrogens with one attached hydrogen (secondary N) is 3. The van der Waals surface area contributed by atoms with Crippen LogP contribution in [0.5, 0.6) is 0 Å². The summed E-state index contributed by atoms with van der Waals surface area (Å²) in [6.07, 6.45) is -0.158. The summed E-state index contributed by atoms with van der Waals surface area (Å²) in [6.45, 7) is 1.57. The Kier molecular flexibility index (Phi) is 4.01. The number of aromatic nitrogens is 3. The van der Waals surface area contributed by atoms with Gasteiger partial charge in [0.25, 0.3) is 5.56 Å². The van der Waals surface area contributed by atoms with Gasteiger partial charge in [0.05, 0.1) is 16.6 Å². The number of aryl methyl sites for hydroxylation is 1. The number of halogens is 1. The number of thiazole rings is 1. The van der Waals surface area contributed by atoms with E-state index in [4.69, 9.17) is 11.6 Å². The number of fused-ring (bicyclic) bond motifs is 1. The number of anilines is 1. The minimum atomic E-state index is -0.597. The number of nitrogens with zero attached hydrogens (tertiary/aromatic N) is 1. The molecule has 0 saturated heterocycles. The number of amides is 1. The Balaban J connectivity index is 1.81. The highest BCUT2D eigenvalue weighted by atomic mass is 35.5. The van der Waals surface area contributed by atoms with Crippen molar-refractivity contribution in [2.75, 3.05) is 5.32 Å². The molecule has 2 aromatic heterocycles.